The summed E-state index contributed by atoms with van der Waals surface area (Å²) in [6, 6.07) is 0.865. The van der Waals surface area contributed by atoms with Crippen molar-refractivity contribution in [2.75, 3.05) is 0 Å². The second kappa shape index (κ2) is 4.20. The van der Waals surface area contributed by atoms with Crippen LogP contribution in [0.25, 0.3) is 0 Å². The molecule has 1 aromatic rings. The van der Waals surface area contributed by atoms with Crippen molar-refractivity contribution in [1.29, 1.82) is 0 Å². The van der Waals surface area contributed by atoms with Crippen LogP contribution in [0.15, 0.2) is 12.3 Å². The minimum absolute atomic E-state index is 0.150. The highest BCUT2D eigenvalue weighted by Gasteiger charge is 2.34. The fourth-order valence-corrected chi connectivity index (χ4v) is 1.84. The van der Waals surface area contributed by atoms with Gasteiger partial charge in [-0.1, -0.05) is 0 Å². The summed E-state index contributed by atoms with van der Waals surface area (Å²) in [6.45, 7) is 0. The minimum Gasteiger partial charge on any atom is -0.241 e. The zero-order valence-corrected chi connectivity index (χ0v) is 9.09. The Hall–Kier alpha value is -0.840. The average molecular weight is 251 g/mol. The Morgan fingerprint density at radius 2 is 2.12 bits per heavy atom. The van der Waals surface area contributed by atoms with Crippen molar-refractivity contribution in [2.24, 2.45) is 5.92 Å². The van der Waals surface area contributed by atoms with Crippen LogP contribution in [0.3, 0.4) is 0 Å². The van der Waals surface area contributed by atoms with Crippen molar-refractivity contribution in [3.8, 4) is 0 Å². The molecule has 2 rings (SSSR count). The first kappa shape index (κ1) is 11.6. The van der Waals surface area contributed by atoms with Crippen LogP contribution in [0.5, 0.6) is 0 Å². The fraction of sp³-hybridized carbons (Fsp3) is 0.600. The quantitative estimate of drug-likeness (QED) is 0.771. The maximum absolute atomic E-state index is 12.4. The highest BCUT2D eigenvalue weighted by Crippen LogP contribution is 2.37. The van der Waals surface area contributed by atoms with E-state index in [9.17, 15) is 13.2 Å². The smallest absolute Gasteiger partial charge is 0.241 e. The first-order valence-electron chi connectivity index (χ1n) is 5.00. The van der Waals surface area contributed by atoms with Gasteiger partial charge in [0.1, 0.15) is 11.5 Å². The molecule has 1 unspecified atom stereocenters. The Bertz CT molecular complexity index is 377. The molecule has 1 heterocycles. The molecule has 1 aliphatic rings. The summed E-state index contributed by atoms with van der Waals surface area (Å²) < 4.78 is 37.1. The maximum atomic E-state index is 12.4. The van der Waals surface area contributed by atoms with E-state index in [1.54, 1.807) is 0 Å². The summed E-state index contributed by atoms with van der Waals surface area (Å²) in [5, 5.41) is -0.150. The number of alkyl halides is 4. The van der Waals surface area contributed by atoms with Crippen LogP contribution in [-0.2, 0) is 12.6 Å². The monoisotopic (exact) mass is 250 g/mol. The summed E-state index contributed by atoms with van der Waals surface area (Å²) >= 11 is 6.02. The molecule has 0 radical (unpaired) electrons. The maximum Gasteiger partial charge on any atom is 0.433 e. The van der Waals surface area contributed by atoms with E-state index < -0.39 is 11.9 Å². The van der Waals surface area contributed by atoms with Crippen LogP contribution >= 0.6 is 11.6 Å². The van der Waals surface area contributed by atoms with Gasteiger partial charge < -0.3 is 0 Å². The van der Waals surface area contributed by atoms with Gasteiger partial charge in [0.25, 0.3) is 0 Å². The van der Waals surface area contributed by atoms with E-state index in [-0.39, 0.29) is 11.2 Å². The first-order valence-corrected chi connectivity index (χ1v) is 5.43. The molecule has 0 saturated heterocycles. The van der Waals surface area contributed by atoms with Gasteiger partial charge in [0.2, 0.25) is 0 Å². The molecular weight excluding hydrogens is 241 g/mol. The fourth-order valence-electron chi connectivity index (χ4n) is 1.45. The molecule has 0 aromatic carbocycles. The van der Waals surface area contributed by atoms with Gasteiger partial charge in [-0.25, -0.2) is 9.97 Å². The van der Waals surface area contributed by atoms with Crippen molar-refractivity contribution in [1.82, 2.24) is 9.97 Å². The molecule has 2 nitrogen and oxygen atoms in total. The minimum atomic E-state index is -4.42. The van der Waals surface area contributed by atoms with Gasteiger partial charge in [0, 0.05) is 18.0 Å². The van der Waals surface area contributed by atoms with E-state index in [0.29, 0.717) is 12.3 Å². The number of halogens is 4. The molecule has 1 saturated carbocycles. The third kappa shape index (κ3) is 2.84. The molecule has 88 valence electrons. The van der Waals surface area contributed by atoms with Gasteiger partial charge in [0.05, 0.1) is 0 Å². The molecule has 0 N–H and O–H groups in total. The molecule has 0 amide bonds. The van der Waals surface area contributed by atoms with Crippen LogP contribution in [0.1, 0.15) is 24.4 Å². The highest BCUT2D eigenvalue weighted by atomic mass is 35.5. The van der Waals surface area contributed by atoms with Crippen molar-refractivity contribution in [2.45, 2.75) is 30.8 Å². The topological polar surface area (TPSA) is 25.8 Å². The van der Waals surface area contributed by atoms with Gasteiger partial charge in [-0.15, -0.1) is 11.6 Å². The molecular formula is C10H10ClF3N2. The van der Waals surface area contributed by atoms with Gasteiger partial charge in [-0.05, 0) is 24.8 Å². The third-order valence-corrected chi connectivity index (χ3v) is 3.02. The molecule has 1 atom stereocenters. The Morgan fingerprint density at radius 1 is 1.44 bits per heavy atom. The number of hydrogen-bond donors (Lipinski definition) is 0. The second-order valence-corrected chi connectivity index (χ2v) is 4.47. The van der Waals surface area contributed by atoms with Gasteiger partial charge >= 0.3 is 6.18 Å². The first-order chi connectivity index (χ1) is 7.47. The van der Waals surface area contributed by atoms with Crippen molar-refractivity contribution < 1.29 is 13.2 Å². The summed E-state index contributed by atoms with van der Waals surface area (Å²) in [4.78, 5) is 7.28. The predicted octanol–water partition coefficient (Wildman–Crippen LogP) is 3.06. The van der Waals surface area contributed by atoms with E-state index in [0.717, 1.165) is 25.1 Å². The summed E-state index contributed by atoms with van der Waals surface area (Å²) in [7, 11) is 0. The molecule has 1 aromatic heterocycles. The summed E-state index contributed by atoms with van der Waals surface area (Å²) in [6.07, 6.45) is -0.892. The van der Waals surface area contributed by atoms with Crippen LogP contribution in [0.4, 0.5) is 13.2 Å². The number of rotatable bonds is 3. The van der Waals surface area contributed by atoms with E-state index >= 15 is 0 Å². The largest absolute Gasteiger partial charge is 0.433 e. The van der Waals surface area contributed by atoms with Gasteiger partial charge in [-0.2, -0.15) is 13.2 Å². The lowest BCUT2D eigenvalue weighted by molar-refractivity contribution is -0.141. The van der Waals surface area contributed by atoms with Crippen LogP contribution in [-0.4, -0.2) is 15.3 Å². The van der Waals surface area contributed by atoms with E-state index in [4.69, 9.17) is 11.6 Å². The van der Waals surface area contributed by atoms with Crippen LogP contribution in [0, 0.1) is 5.92 Å². The van der Waals surface area contributed by atoms with Crippen molar-refractivity contribution >= 4 is 11.6 Å². The Morgan fingerprint density at radius 3 is 2.69 bits per heavy atom. The Kier molecular flexibility index (Phi) is 3.06. The number of nitrogens with zero attached hydrogens (tertiary/aromatic N) is 2. The highest BCUT2D eigenvalue weighted by molar-refractivity contribution is 6.21. The van der Waals surface area contributed by atoms with E-state index in [1.807, 2.05) is 0 Å². The second-order valence-electron chi connectivity index (χ2n) is 3.91. The SMILES string of the molecule is FC(F)(F)c1ccnc(CC(Cl)C2CC2)n1. The molecule has 16 heavy (non-hydrogen) atoms. The van der Waals surface area contributed by atoms with E-state index in [2.05, 4.69) is 9.97 Å². The molecule has 0 bridgehead atoms. The average Bonchev–Trinajstić information content (AvgIpc) is 2.99. The van der Waals surface area contributed by atoms with E-state index in [1.165, 1.54) is 0 Å². The molecule has 6 heteroatoms. The van der Waals surface area contributed by atoms with Gasteiger partial charge in [-0.3, -0.25) is 0 Å². The Balaban J connectivity index is 2.09. The molecule has 1 fully saturated rings. The normalized spacial score (nSPS) is 18.5. The lowest BCUT2D eigenvalue weighted by Crippen LogP contribution is -2.14. The number of aromatic nitrogens is 2. The summed E-state index contributed by atoms with van der Waals surface area (Å²) in [5.41, 5.74) is -0.905. The zero-order valence-electron chi connectivity index (χ0n) is 8.34. The molecule has 0 aliphatic heterocycles. The van der Waals surface area contributed by atoms with Gasteiger partial charge in [0.15, 0.2) is 0 Å². The van der Waals surface area contributed by atoms with Crippen molar-refractivity contribution in [3.63, 3.8) is 0 Å². The Labute approximate surface area is 95.9 Å². The third-order valence-electron chi connectivity index (χ3n) is 2.51. The molecule has 1 aliphatic carbocycles. The molecule has 0 spiro atoms. The number of hydrogen-bond acceptors (Lipinski definition) is 2. The predicted molar refractivity (Wildman–Crippen MR) is 53.1 cm³/mol. The standard InChI is InChI=1S/C10H10ClF3N2/c11-7(6-1-2-6)5-9-15-4-3-8(16-9)10(12,13)14/h3-4,6-7H,1-2,5H2. The zero-order chi connectivity index (χ0) is 11.8. The lowest BCUT2D eigenvalue weighted by atomic mass is 10.2. The van der Waals surface area contributed by atoms with Crippen LogP contribution < -0.4 is 0 Å². The van der Waals surface area contributed by atoms with Crippen molar-refractivity contribution in [3.05, 3.63) is 23.8 Å². The van der Waals surface area contributed by atoms with Crippen LogP contribution in [0.2, 0.25) is 0 Å². The lowest BCUT2D eigenvalue weighted by Gasteiger charge is -2.09. The summed E-state index contributed by atoms with van der Waals surface area (Å²) in [5.74, 6) is 0.585.